The van der Waals surface area contributed by atoms with Crippen LogP contribution in [0.4, 0.5) is 15.8 Å². The first-order valence-corrected chi connectivity index (χ1v) is 6.98. The van der Waals surface area contributed by atoms with Crippen molar-refractivity contribution in [1.29, 1.82) is 0 Å². The third-order valence-corrected chi connectivity index (χ3v) is 3.41. The summed E-state index contributed by atoms with van der Waals surface area (Å²) in [6, 6.07) is 8.03. The Labute approximate surface area is 126 Å². The van der Waals surface area contributed by atoms with Crippen LogP contribution in [0.5, 0.6) is 0 Å². The zero-order valence-corrected chi connectivity index (χ0v) is 11.8. The zero-order valence-electron chi connectivity index (χ0n) is 11.1. The molecule has 1 aliphatic rings. The summed E-state index contributed by atoms with van der Waals surface area (Å²) in [7, 11) is 0. The number of anilines is 2. The zero-order chi connectivity index (χ0) is 14.8. The molecule has 1 fully saturated rings. The molecule has 1 amide bonds. The van der Waals surface area contributed by atoms with Crippen LogP contribution in [0.25, 0.3) is 0 Å². The van der Waals surface area contributed by atoms with Crippen molar-refractivity contribution in [2.45, 2.75) is 18.9 Å². The Bertz CT molecular complexity index is 688. The van der Waals surface area contributed by atoms with E-state index < -0.39 is 5.82 Å². The largest absolute Gasteiger partial charge is 0.382 e. The van der Waals surface area contributed by atoms with Gasteiger partial charge in [-0.15, -0.1) is 0 Å². The number of hydrogen-bond acceptors (Lipinski definition) is 3. The first-order valence-electron chi connectivity index (χ1n) is 6.61. The van der Waals surface area contributed by atoms with Crippen LogP contribution in [0.3, 0.4) is 0 Å². The third-order valence-electron chi connectivity index (χ3n) is 3.12. The van der Waals surface area contributed by atoms with Gasteiger partial charge in [0.15, 0.2) is 0 Å². The van der Waals surface area contributed by atoms with E-state index in [0.717, 1.165) is 18.5 Å². The lowest BCUT2D eigenvalue weighted by Crippen LogP contribution is -2.14. The smallest absolute Gasteiger partial charge is 0.274 e. The predicted octanol–water partition coefficient (Wildman–Crippen LogP) is 3.70. The van der Waals surface area contributed by atoms with Gasteiger partial charge in [-0.25, -0.2) is 4.39 Å². The maximum Gasteiger partial charge on any atom is 0.274 e. The number of amides is 1. The van der Waals surface area contributed by atoms with Gasteiger partial charge in [-0.3, -0.25) is 9.78 Å². The van der Waals surface area contributed by atoms with E-state index in [0.29, 0.717) is 17.4 Å². The molecule has 0 saturated heterocycles. The number of nitrogens with one attached hydrogen (secondary N) is 2. The molecule has 6 heteroatoms. The molecule has 1 saturated carbocycles. The fourth-order valence-electron chi connectivity index (χ4n) is 1.88. The Morgan fingerprint density at radius 2 is 2.05 bits per heavy atom. The van der Waals surface area contributed by atoms with Crippen molar-refractivity contribution in [2.75, 3.05) is 10.6 Å². The molecule has 1 aromatic heterocycles. The van der Waals surface area contributed by atoms with E-state index in [9.17, 15) is 9.18 Å². The van der Waals surface area contributed by atoms with Gasteiger partial charge in [0.25, 0.3) is 5.91 Å². The molecule has 1 aromatic carbocycles. The van der Waals surface area contributed by atoms with Crippen LogP contribution in [0, 0.1) is 5.82 Å². The average Bonchev–Trinajstić information content (AvgIpc) is 3.27. The fraction of sp³-hybridized carbons (Fsp3) is 0.200. The van der Waals surface area contributed by atoms with Crippen LogP contribution in [0.2, 0.25) is 5.02 Å². The summed E-state index contributed by atoms with van der Waals surface area (Å²) >= 11 is 5.68. The van der Waals surface area contributed by atoms with E-state index in [1.54, 1.807) is 12.3 Å². The lowest BCUT2D eigenvalue weighted by molar-refractivity contribution is 0.102. The quantitative estimate of drug-likeness (QED) is 0.905. The SMILES string of the molecule is O=C(Nc1ccc(F)c(Cl)c1)c1cc(NC2CC2)ccn1. The van der Waals surface area contributed by atoms with Gasteiger partial charge < -0.3 is 10.6 Å². The van der Waals surface area contributed by atoms with E-state index in [4.69, 9.17) is 11.6 Å². The number of hydrogen-bond donors (Lipinski definition) is 2. The number of carbonyl (C=O) groups is 1. The predicted molar refractivity (Wildman–Crippen MR) is 80.2 cm³/mol. The van der Waals surface area contributed by atoms with E-state index in [1.165, 1.54) is 18.2 Å². The van der Waals surface area contributed by atoms with Crippen molar-refractivity contribution in [1.82, 2.24) is 4.98 Å². The molecular weight excluding hydrogens is 293 g/mol. The molecule has 4 nitrogen and oxygen atoms in total. The lowest BCUT2D eigenvalue weighted by Gasteiger charge is -2.08. The second-order valence-electron chi connectivity index (χ2n) is 4.93. The van der Waals surface area contributed by atoms with Gasteiger partial charge in [0.2, 0.25) is 0 Å². The number of carbonyl (C=O) groups excluding carboxylic acids is 1. The van der Waals surface area contributed by atoms with E-state index >= 15 is 0 Å². The second kappa shape index (κ2) is 5.69. The Balaban J connectivity index is 1.73. The molecule has 21 heavy (non-hydrogen) atoms. The maximum atomic E-state index is 13.1. The van der Waals surface area contributed by atoms with Crippen LogP contribution < -0.4 is 10.6 Å². The molecule has 0 radical (unpaired) electrons. The molecule has 108 valence electrons. The average molecular weight is 306 g/mol. The van der Waals surface area contributed by atoms with Crippen LogP contribution in [0.1, 0.15) is 23.3 Å². The highest BCUT2D eigenvalue weighted by Gasteiger charge is 2.21. The van der Waals surface area contributed by atoms with Crippen molar-refractivity contribution in [3.8, 4) is 0 Å². The Kier molecular flexibility index (Phi) is 3.75. The highest BCUT2D eigenvalue weighted by Crippen LogP contribution is 2.25. The van der Waals surface area contributed by atoms with Gasteiger partial charge in [-0.05, 0) is 43.2 Å². The van der Waals surface area contributed by atoms with Gasteiger partial charge in [-0.2, -0.15) is 0 Å². The number of pyridine rings is 1. The Morgan fingerprint density at radius 1 is 1.24 bits per heavy atom. The highest BCUT2D eigenvalue weighted by atomic mass is 35.5. The van der Waals surface area contributed by atoms with Gasteiger partial charge in [-0.1, -0.05) is 11.6 Å². The monoisotopic (exact) mass is 305 g/mol. The minimum Gasteiger partial charge on any atom is -0.382 e. The highest BCUT2D eigenvalue weighted by molar-refractivity contribution is 6.31. The third kappa shape index (κ3) is 3.49. The molecule has 1 heterocycles. The Morgan fingerprint density at radius 3 is 2.76 bits per heavy atom. The molecule has 0 unspecified atom stereocenters. The molecule has 2 aromatic rings. The minimum absolute atomic E-state index is 0.0371. The summed E-state index contributed by atoms with van der Waals surface area (Å²) in [4.78, 5) is 16.2. The molecule has 0 bridgehead atoms. The molecule has 0 spiro atoms. The molecule has 0 aliphatic heterocycles. The number of rotatable bonds is 4. The van der Waals surface area contributed by atoms with Crippen LogP contribution >= 0.6 is 11.6 Å². The van der Waals surface area contributed by atoms with Crippen molar-refractivity contribution in [2.24, 2.45) is 0 Å². The number of benzene rings is 1. The first kappa shape index (κ1) is 13.8. The summed E-state index contributed by atoms with van der Waals surface area (Å²) in [6.07, 6.45) is 3.88. The summed E-state index contributed by atoms with van der Waals surface area (Å²) in [5, 5.41) is 5.91. The number of halogens is 2. The molecule has 0 atom stereocenters. The van der Waals surface area contributed by atoms with E-state index in [2.05, 4.69) is 15.6 Å². The molecule has 1 aliphatic carbocycles. The van der Waals surface area contributed by atoms with Gasteiger partial charge >= 0.3 is 0 Å². The van der Waals surface area contributed by atoms with Crippen molar-refractivity contribution in [3.63, 3.8) is 0 Å². The summed E-state index contributed by atoms with van der Waals surface area (Å²) in [5.74, 6) is -0.888. The minimum atomic E-state index is -0.525. The lowest BCUT2D eigenvalue weighted by atomic mass is 10.2. The summed E-state index contributed by atoms with van der Waals surface area (Å²) in [5.41, 5.74) is 1.59. The van der Waals surface area contributed by atoms with Crippen molar-refractivity contribution >= 4 is 28.9 Å². The molecule has 2 N–H and O–H groups in total. The van der Waals surface area contributed by atoms with Crippen LogP contribution in [-0.4, -0.2) is 16.9 Å². The second-order valence-corrected chi connectivity index (χ2v) is 5.34. The van der Waals surface area contributed by atoms with E-state index in [-0.39, 0.29) is 10.9 Å². The van der Waals surface area contributed by atoms with Gasteiger partial charge in [0, 0.05) is 23.6 Å². The Hall–Kier alpha value is -2.14. The summed E-state index contributed by atoms with van der Waals surface area (Å²) in [6.45, 7) is 0. The molecule has 3 rings (SSSR count). The van der Waals surface area contributed by atoms with Crippen molar-refractivity contribution in [3.05, 3.63) is 53.1 Å². The first-order chi connectivity index (χ1) is 10.1. The van der Waals surface area contributed by atoms with Gasteiger partial charge in [0.05, 0.1) is 5.02 Å². The van der Waals surface area contributed by atoms with E-state index in [1.807, 2.05) is 6.07 Å². The molecular formula is C15H13ClFN3O. The number of nitrogens with zero attached hydrogens (tertiary/aromatic N) is 1. The van der Waals surface area contributed by atoms with Gasteiger partial charge in [0.1, 0.15) is 11.5 Å². The maximum absolute atomic E-state index is 13.1. The topological polar surface area (TPSA) is 54.0 Å². The van der Waals surface area contributed by atoms with Crippen LogP contribution in [-0.2, 0) is 0 Å². The normalized spacial score (nSPS) is 13.8. The van der Waals surface area contributed by atoms with Crippen LogP contribution in [0.15, 0.2) is 36.5 Å². The standard InChI is InChI=1S/C15H13ClFN3O/c16-12-7-10(3-4-13(12)17)20-15(21)14-8-11(5-6-18-14)19-9-1-2-9/h3-9H,1-2H2,(H,18,19)(H,20,21). The van der Waals surface area contributed by atoms with Crippen molar-refractivity contribution < 1.29 is 9.18 Å². The number of aromatic nitrogens is 1. The summed E-state index contributed by atoms with van der Waals surface area (Å²) < 4.78 is 13.1. The fourth-order valence-corrected chi connectivity index (χ4v) is 2.06.